The van der Waals surface area contributed by atoms with E-state index in [9.17, 15) is 4.79 Å². The molecule has 1 fully saturated rings. The average molecular weight is 498 g/mol. The predicted molar refractivity (Wildman–Crippen MR) is 137 cm³/mol. The van der Waals surface area contributed by atoms with Gasteiger partial charge in [0.1, 0.15) is 11.5 Å². The molecule has 7 heteroatoms. The van der Waals surface area contributed by atoms with Crippen LogP contribution in [0.5, 0.6) is 0 Å². The number of allylic oxidation sites excluding steroid dienone is 2. The molecule has 1 heterocycles. The molecular weight excluding hydrogens is 466 g/mol. The lowest BCUT2D eigenvalue weighted by molar-refractivity contribution is 0.291. The SMILES string of the molecule is CC/C=C(\C)Nc1c(C)c(Br)cn(-c2cccc(C(C(=N)N(C)C=N)C3CCC3)c2)c1=O. The second-order valence-electron chi connectivity index (χ2n) is 8.46. The van der Waals surface area contributed by atoms with Crippen molar-refractivity contribution >= 4 is 33.8 Å². The number of nitrogens with one attached hydrogen (secondary N) is 3. The van der Waals surface area contributed by atoms with Crippen LogP contribution >= 0.6 is 15.9 Å². The van der Waals surface area contributed by atoms with Crippen molar-refractivity contribution in [2.75, 3.05) is 12.4 Å². The number of hydrogen-bond donors (Lipinski definition) is 3. The summed E-state index contributed by atoms with van der Waals surface area (Å²) in [5.41, 5.74) is 4.03. The summed E-state index contributed by atoms with van der Waals surface area (Å²) in [4.78, 5) is 15.0. The van der Waals surface area contributed by atoms with Gasteiger partial charge in [0, 0.05) is 35.0 Å². The maximum absolute atomic E-state index is 13.4. The zero-order valence-electron chi connectivity index (χ0n) is 19.2. The van der Waals surface area contributed by atoms with Crippen molar-refractivity contribution in [2.24, 2.45) is 5.92 Å². The highest BCUT2D eigenvalue weighted by Gasteiger charge is 2.33. The Bertz CT molecular complexity index is 1100. The van der Waals surface area contributed by atoms with E-state index < -0.39 is 0 Å². The van der Waals surface area contributed by atoms with Gasteiger partial charge in [0.25, 0.3) is 5.56 Å². The van der Waals surface area contributed by atoms with Crippen LogP contribution < -0.4 is 10.9 Å². The Morgan fingerprint density at radius 1 is 1.41 bits per heavy atom. The molecule has 2 aromatic rings. The van der Waals surface area contributed by atoms with Crippen molar-refractivity contribution in [3.8, 4) is 5.69 Å². The molecule has 0 radical (unpaired) electrons. The number of amidine groups is 1. The monoisotopic (exact) mass is 497 g/mol. The van der Waals surface area contributed by atoms with Crippen molar-refractivity contribution in [1.82, 2.24) is 9.47 Å². The average Bonchev–Trinajstić information content (AvgIpc) is 2.75. The summed E-state index contributed by atoms with van der Waals surface area (Å²) in [5, 5.41) is 19.5. The summed E-state index contributed by atoms with van der Waals surface area (Å²) in [6.45, 7) is 5.95. The first-order valence-corrected chi connectivity index (χ1v) is 11.9. The number of aromatic nitrogens is 1. The Hall–Kier alpha value is -2.67. The lowest BCUT2D eigenvalue weighted by atomic mass is 9.72. The van der Waals surface area contributed by atoms with Crippen molar-refractivity contribution in [2.45, 2.75) is 52.4 Å². The van der Waals surface area contributed by atoms with Crippen molar-refractivity contribution in [1.29, 1.82) is 10.8 Å². The molecule has 1 unspecified atom stereocenters. The number of nitrogens with zero attached hydrogens (tertiary/aromatic N) is 2. The molecular formula is C25H32BrN5O. The highest BCUT2D eigenvalue weighted by Crippen LogP contribution is 2.40. The number of hydrogen-bond acceptors (Lipinski definition) is 4. The molecule has 0 spiro atoms. The fourth-order valence-corrected chi connectivity index (χ4v) is 4.55. The van der Waals surface area contributed by atoms with Crippen LogP contribution in [0.3, 0.4) is 0 Å². The van der Waals surface area contributed by atoms with Crippen molar-refractivity contribution in [3.63, 3.8) is 0 Å². The number of halogens is 1. The molecule has 0 bridgehead atoms. The third kappa shape index (κ3) is 4.88. The highest BCUT2D eigenvalue weighted by molar-refractivity contribution is 9.10. The van der Waals surface area contributed by atoms with Crippen LogP contribution in [0.25, 0.3) is 5.69 Å². The minimum absolute atomic E-state index is 0.0905. The molecule has 1 atom stereocenters. The summed E-state index contributed by atoms with van der Waals surface area (Å²) < 4.78 is 2.50. The topological polar surface area (TPSA) is 85.0 Å². The van der Waals surface area contributed by atoms with Gasteiger partial charge in [0.2, 0.25) is 0 Å². The largest absolute Gasteiger partial charge is 0.355 e. The molecule has 3 rings (SSSR count). The summed E-state index contributed by atoms with van der Waals surface area (Å²) in [7, 11) is 1.75. The Balaban J connectivity index is 2.08. The fraction of sp³-hybridized carbons (Fsp3) is 0.400. The first-order chi connectivity index (χ1) is 15.3. The van der Waals surface area contributed by atoms with E-state index in [0.29, 0.717) is 17.4 Å². The summed E-state index contributed by atoms with van der Waals surface area (Å²) in [6, 6.07) is 7.91. The van der Waals surface area contributed by atoms with Gasteiger partial charge in [-0.05, 0) is 78.2 Å². The van der Waals surface area contributed by atoms with Gasteiger partial charge in [-0.15, -0.1) is 0 Å². The Labute approximate surface area is 198 Å². The van der Waals surface area contributed by atoms with Gasteiger partial charge in [-0.25, -0.2) is 0 Å². The predicted octanol–water partition coefficient (Wildman–Crippen LogP) is 6.03. The van der Waals surface area contributed by atoms with Gasteiger partial charge in [-0.1, -0.05) is 31.6 Å². The zero-order chi connectivity index (χ0) is 23.4. The van der Waals surface area contributed by atoms with E-state index in [0.717, 1.165) is 46.2 Å². The van der Waals surface area contributed by atoms with Gasteiger partial charge in [-0.3, -0.25) is 20.2 Å². The van der Waals surface area contributed by atoms with Gasteiger partial charge in [0.15, 0.2) is 0 Å². The number of benzene rings is 1. The standard InChI is InChI=1S/C25H32BrN5O/c1-5-8-16(2)29-23-17(3)21(26)14-31(25(23)32)20-12-7-11-19(13-20)22(18-9-6-10-18)24(28)30(4)15-27/h7-8,11-15,18,22,27-29H,5-6,9-10H2,1-4H3/b16-8+,27-15?,28-24?. The second-order valence-corrected chi connectivity index (χ2v) is 9.32. The molecule has 6 nitrogen and oxygen atoms in total. The molecule has 1 aliphatic carbocycles. The molecule has 32 heavy (non-hydrogen) atoms. The van der Waals surface area contributed by atoms with Crippen LogP contribution in [-0.2, 0) is 0 Å². The second kappa shape index (κ2) is 10.3. The summed E-state index contributed by atoms with van der Waals surface area (Å²) in [5.74, 6) is 0.717. The quantitative estimate of drug-likeness (QED) is 0.307. The molecule has 0 amide bonds. The van der Waals surface area contributed by atoms with Crippen LogP contribution in [0, 0.1) is 23.7 Å². The summed E-state index contributed by atoms with van der Waals surface area (Å²) in [6.07, 6.45) is 9.27. The minimum atomic E-state index is -0.112. The third-order valence-electron chi connectivity index (χ3n) is 6.24. The molecule has 170 valence electrons. The first kappa shape index (κ1) is 24.0. The van der Waals surface area contributed by atoms with E-state index in [-0.39, 0.29) is 11.5 Å². The molecule has 3 N–H and O–H groups in total. The first-order valence-electron chi connectivity index (χ1n) is 11.1. The molecule has 0 saturated heterocycles. The third-order valence-corrected chi connectivity index (χ3v) is 7.04. The minimum Gasteiger partial charge on any atom is -0.355 e. The number of likely N-dealkylation sites (N-methyl/N-ethyl adjacent to an activating group) is 1. The van der Waals surface area contributed by atoms with E-state index in [1.54, 1.807) is 16.5 Å². The molecule has 0 aliphatic heterocycles. The van der Waals surface area contributed by atoms with Gasteiger partial charge in [0.05, 0.1) is 6.34 Å². The van der Waals surface area contributed by atoms with E-state index in [1.807, 2.05) is 44.3 Å². The summed E-state index contributed by atoms with van der Waals surface area (Å²) >= 11 is 3.62. The maximum Gasteiger partial charge on any atom is 0.279 e. The number of rotatable bonds is 8. The smallest absolute Gasteiger partial charge is 0.279 e. The van der Waals surface area contributed by atoms with E-state index in [1.165, 1.54) is 12.8 Å². The number of anilines is 1. The van der Waals surface area contributed by atoms with Gasteiger partial charge >= 0.3 is 0 Å². The Morgan fingerprint density at radius 2 is 2.12 bits per heavy atom. The van der Waals surface area contributed by atoms with E-state index in [4.69, 9.17) is 10.8 Å². The molecule has 1 saturated carbocycles. The van der Waals surface area contributed by atoms with Crippen LogP contribution in [0.15, 0.2) is 51.5 Å². The van der Waals surface area contributed by atoms with Gasteiger partial charge in [-0.2, -0.15) is 0 Å². The van der Waals surface area contributed by atoms with Crippen molar-refractivity contribution < 1.29 is 0 Å². The lowest BCUT2D eigenvalue weighted by Gasteiger charge is -2.36. The van der Waals surface area contributed by atoms with E-state index >= 15 is 0 Å². The lowest BCUT2D eigenvalue weighted by Crippen LogP contribution is -2.36. The molecule has 1 aliphatic rings. The normalized spacial score (nSPS) is 15.1. The van der Waals surface area contributed by atoms with Crippen LogP contribution in [0.4, 0.5) is 5.69 Å². The molecule has 1 aromatic carbocycles. The van der Waals surface area contributed by atoms with Crippen LogP contribution in [0.2, 0.25) is 0 Å². The highest BCUT2D eigenvalue weighted by atomic mass is 79.9. The zero-order valence-corrected chi connectivity index (χ0v) is 20.8. The Kier molecular flexibility index (Phi) is 7.72. The number of pyridine rings is 1. The maximum atomic E-state index is 13.4. The Morgan fingerprint density at radius 3 is 2.72 bits per heavy atom. The van der Waals surface area contributed by atoms with Crippen LogP contribution in [-0.4, -0.2) is 28.7 Å². The molecule has 1 aromatic heterocycles. The fourth-order valence-electron chi connectivity index (χ4n) is 4.15. The van der Waals surface area contributed by atoms with E-state index in [2.05, 4.69) is 34.2 Å². The van der Waals surface area contributed by atoms with Gasteiger partial charge < -0.3 is 10.2 Å². The van der Waals surface area contributed by atoms with Crippen molar-refractivity contribution in [3.05, 3.63) is 68.2 Å². The van der Waals surface area contributed by atoms with Crippen LogP contribution in [0.1, 0.15) is 56.6 Å².